The number of benzene rings is 1. The highest BCUT2D eigenvalue weighted by molar-refractivity contribution is 6.35. The highest BCUT2D eigenvalue weighted by Crippen LogP contribution is 2.29. The summed E-state index contributed by atoms with van der Waals surface area (Å²) in [6.45, 7) is 5.51. The SMILES string of the molecule is CC1CCCC(NC(=O)CN(C)Cc2ccc(Cl)cc2Cl)C1C. The molecule has 0 saturated heterocycles. The Hall–Kier alpha value is -0.770. The smallest absolute Gasteiger partial charge is 0.234 e. The second kappa shape index (κ2) is 8.36. The van der Waals surface area contributed by atoms with Crippen LogP contribution in [0.5, 0.6) is 0 Å². The lowest BCUT2D eigenvalue weighted by atomic mass is 9.78. The Bertz CT molecular complexity index is 550. The van der Waals surface area contributed by atoms with Crippen LogP contribution in [-0.4, -0.2) is 30.4 Å². The van der Waals surface area contributed by atoms with Gasteiger partial charge in [-0.15, -0.1) is 0 Å². The molecule has 1 aliphatic rings. The molecule has 23 heavy (non-hydrogen) atoms. The number of nitrogens with zero attached hydrogens (tertiary/aromatic N) is 1. The van der Waals surface area contributed by atoms with Gasteiger partial charge in [0.25, 0.3) is 0 Å². The van der Waals surface area contributed by atoms with Crippen LogP contribution in [-0.2, 0) is 11.3 Å². The van der Waals surface area contributed by atoms with Gasteiger partial charge in [-0.05, 0) is 43.0 Å². The number of halogens is 2. The van der Waals surface area contributed by atoms with Crippen molar-refractivity contribution in [2.45, 2.75) is 45.7 Å². The van der Waals surface area contributed by atoms with Gasteiger partial charge in [-0.1, -0.05) is 56.0 Å². The standard InChI is InChI=1S/C18H26Cl2N2O/c1-12-5-4-6-17(13(12)2)21-18(23)11-22(3)10-14-7-8-15(19)9-16(14)20/h7-9,12-13,17H,4-6,10-11H2,1-3H3,(H,21,23). The second-order valence-corrected chi connectivity index (χ2v) is 7.69. The molecule has 0 spiro atoms. The van der Waals surface area contributed by atoms with E-state index in [2.05, 4.69) is 19.2 Å². The first-order valence-corrected chi connectivity index (χ1v) is 9.04. The third-order valence-corrected chi connectivity index (χ3v) is 5.51. The molecule has 0 radical (unpaired) electrons. The van der Waals surface area contributed by atoms with Crippen molar-refractivity contribution in [2.75, 3.05) is 13.6 Å². The highest BCUT2D eigenvalue weighted by atomic mass is 35.5. The van der Waals surface area contributed by atoms with Gasteiger partial charge in [-0.2, -0.15) is 0 Å². The molecule has 0 bridgehead atoms. The minimum absolute atomic E-state index is 0.0866. The first kappa shape index (κ1) is 18.6. The predicted molar refractivity (Wildman–Crippen MR) is 96.9 cm³/mol. The number of likely N-dealkylation sites (N-methyl/N-ethyl adjacent to an activating group) is 1. The normalized spacial score (nSPS) is 24.7. The van der Waals surface area contributed by atoms with Crippen LogP contribution in [0.25, 0.3) is 0 Å². The molecule has 1 aromatic rings. The number of amides is 1. The molecule has 1 saturated carbocycles. The van der Waals surface area contributed by atoms with Crippen LogP contribution in [0.2, 0.25) is 10.0 Å². The molecule has 1 fully saturated rings. The molecule has 0 aromatic heterocycles. The summed E-state index contributed by atoms with van der Waals surface area (Å²) in [4.78, 5) is 14.3. The van der Waals surface area contributed by atoms with Crippen LogP contribution in [0.3, 0.4) is 0 Å². The number of rotatable bonds is 5. The predicted octanol–water partition coefficient (Wildman–Crippen LogP) is 4.37. The van der Waals surface area contributed by atoms with Gasteiger partial charge in [0, 0.05) is 22.6 Å². The van der Waals surface area contributed by atoms with E-state index in [4.69, 9.17) is 23.2 Å². The lowest BCUT2D eigenvalue weighted by Crippen LogP contribution is -2.46. The molecule has 2 rings (SSSR count). The lowest BCUT2D eigenvalue weighted by molar-refractivity contribution is -0.123. The molecular formula is C18H26Cl2N2O. The molecular weight excluding hydrogens is 331 g/mol. The topological polar surface area (TPSA) is 32.3 Å². The van der Waals surface area contributed by atoms with Gasteiger partial charge < -0.3 is 5.32 Å². The molecule has 3 nitrogen and oxygen atoms in total. The number of carbonyl (C=O) groups excluding carboxylic acids is 1. The monoisotopic (exact) mass is 356 g/mol. The Morgan fingerprint density at radius 2 is 2.04 bits per heavy atom. The maximum absolute atomic E-state index is 12.3. The van der Waals surface area contributed by atoms with Crippen molar-refractivity contribution >= 4 is 29.1 Å². The average Bonchev–Trinajstić information content (AvgIpc) is 2.47. The molecule has 1 aromatic carbocycles. The summed E-state index contributed by atoms with van der Waals surface area (Å²) in [6, 6.07) is 5.77. The fourth-order valence-corrected chi connectivity index (χ4v) is 3.75. The number of nitrogens with one attached hydrogen (secondary N) is 1. The Kier molecular flexibility index (Phi) is 6.75. The first-order valence-electron chi connectivity index (χ1n) is 8.28. The van der Waals surface area contributed by atoms with E-state index in [0.717, 1.165) is 12.0 Å². The number of hydrogen-bond donors (Lipinski definition) is 1. The number of carbonyl (C=O) groups is 1. The highest BCUT2D eigenvalue weighted by Gasteiger charge is 2.28. The molecule has 0 aliphatic heterocycles. The van der Waals surface area contributed by atoms with E-state index in [1.165, 1.54) is 12.8 Å². The van der Waals surface area contributed by atoms with Crippen LogP contribution in [0.15, 0.2) is 18.2 Å². The van der Waals surface area contributed by atoms with Crippen molar-refractivity contribution < 1.29 is 4.79 Å². The second-order valence-electron chi connectivity index (χ2n) is 6.85. The molecule has 1 N–H and O–H groups in total. The quantitative estimate of drug-likeness (QED) is 0.849. The summed E-state index contributed by atoms with van der Waals surface area (Å²) < 4.78 is 0. The molecule has 3 atom stereocenters. The van der Waals surface area contributed by atoms with Crippen LogP contribution in [0.4, 0.5) is 0 Å². The first-order chi connectivity index (χ1) is 10.9. The summed E-state index contributed by atoms with van der Waals surface area (Å²) >= 11 is 12.1. The van der Waals surface area contributed by atoms with Crippen molar-refractivity contribution in [3.63, 3.8) is 0 Å². The van der Waals surface area contributed by atoms with E-state index in [1.54, 1.807) is 6.07 Å². The van der Waals surface area contributed by atoms with E-state index in [-0.39, 0.29) is 5.91 Å². The van der Waals surface area contributed by atoms with Gasteiger partial charge >= 0.3 is 0 Å². The summed E-state index contributed by atoms with van der Waals surface area (Å²) in [5.74, 6) is 1.31. The Labute approximate surface area is 149 Å². The van der Waals surface area contributed by atoms with Gasteiger partial charge in [0.2, 0.25) is 5.91 Å². The van der Waals surface area contributed by atoms with Crippen molar-refractivity contribution in [3.05, 3.63) is 33.8 Å². The Balaban J connectivity index is 1.84. The third-order valence-electron chi connectivity index (χ3n) is 4.92. The molecule has 3 unspecified atom stereocenters. The summed E-state index contributed by atoms with van der Waals surface area (Å²) in [5, 5.41) is 4.47. The molecule has 128 valence electrons. The Morgan fingerprint density at radius 1 is 1.30 bits per heavy atom. The average molecular weight is 357 g/mol. The van der Waals surface area contributed by atoms with Crippen LogP contribution < -0.4 is 5.32 Å². The molecule has 0 heterocycles. The van der Waals surface area contributed by atoms with Gasteiger partial charge in [-0.25, -0.2) is 0 Å². The van der Waals surface area contributed by atoms with E-state index in [0.29, 0.717) is 41.0 Å². The van der Waals surface area contributed by atoms with E-state index in [1.807, 2.05) is 24.1 Å². The largest absolute Gasteiger partial charge is 0.352 e. The van der Waals surface area contributed by atoms with E-state index < -0.39 is 0 Å². The molecule has 1 aliphatic carbocycles. The van der Waals surface area contributed by atoms with Crippen LogP contribution >= 0.6 is 23.2 Å². The van der Waals surface area contributed by atoms with Crippen molar-refractivity contribution in [2.24, 2.45) is 11.8 Å². The molecule has 5 heteroatoms. The van der Waals surface area contributed by atoms with E-state index in [9.17, 15) is 4.79 Å². The minimum Gasteiger partial charge on any atom is -0.352 e. The van der Waals surface area contributed by atoms with Crippen LogP contribution in [0, 0.1) is 11.8 Å². The maximum Gasteiger partial charge on any atom is 0.234 e. The summed E-state index contributed by atoms with van der Waals surface area (Å²) in [7, 11) is 1.93. The van der Waals surface area contributed by atoms with Gasteiger partial charge in [0.05, 0.1) is 6.54 Å². The fourth-order valence-electron chi connectivity index (χ4n) is 3.28. The van der Waals surface area contributed by atoms with Crippen LogP contribution in [0.1, 0.15) is 38.7 Å². The van der Waals surface area contributed by atoms with E-state index >= 15 is 0 Å². The Morgan fingerprint density at radius 3 is 2.74 bits per heavy atom. The van der Waals surface area contributed by atoms with Crippen molar-refractivity contribution in [1.82, 2.24) is 10.2 Å². The van der Waals surface area contributed by atoms with Gasteiger partial charge in [0.15, 0.2) is 0 Å². The van der Waals surface area contributed by atoms with Gasteiger partial charge in [0.1, 0.15) is 0 Å². The number of hydrogen-bond acceptors (Lipinski definition) is 2. The summed E-state index contributed by atoms with van der Waals surface area (Å²) in [6.07, 6.45) is 3.55. The fraction of sp³-hybridized carbons (Fsp3) is 0.611. The zero-order valence-corrected chi connectivity index (χ0v) is 15.6. The molecule has 1 amide bonds. The maximum atomic E-state index is 12.3. The van der Waals surface area contributed by atoms with Gasteiger partial charge in [-0.3, -0.25) is 9.69 Å². The van der Waals surface area contributed by atoms with Crippen molar-refractivity contribution in [3.8, 4) is 0 Å². The zero-order valence-electron chi connectivity index (χ0n) is 14.1. The lowest BCUT2D eigenvalue weighted by Gasteiger charge is -2.35. The zero-order chi connectivity index (χ0) is 17.0. The van der Waals surface area contributed by atoms with Crippen molar-refractivity contribution in [1.29, 1.82) is 0 Å². The minimum atomic E-state index is 0.0866. The summed E-state index contributed by atoms with van der Waals surface area (Å²) in [5.41, 5.74) is 0.978. The third kappa shape index (κ3) is 5.37.